The van der Waals surface area contributed by atoms with Crippen LogP contribution in [0.2, 0.25) is 0 Å². The number of benzene rings is 2. The van der Waals surface area contributed by atoms with Gasteiger partial charge in [0.25, 0.3) is 0 Å². The Labute approximate surface area is 108 Å². The maximum atomic E-state index is 9.33. The first-order valence-corrected chi connectivity index (χ1v) is 6.68. The topological polar surface area (TPSA) is 20.2 Å². The van der Waals surface area contributed by atoms with E-state index in [1.54, 1.807) is 23.9 Å². The number of hydrogen-bond acceptors (Lipinski definition) is 2. The molecule has 0 aliphatic carbocycles. The van der Waals surface area contributed by atoms with Crippen molar-refractivity contribution in [3.63, 3.8) is 0 Å². The van der Waals surface area contributed by atoms with Crippen molar-refractivity contribution in [2.24, 2.45) is 0 Å². The van der Waals surface area contributed by atoms with E-state index in [0.29, 0.717) is 5.75 Å². The first-order chi connectivity index (χ1) is 7.74. The van der Waals surface area contributed by atoms with Gasteiger partial charge in [-0.05, 0) is 35.9 Å². The normalized spacial score (nSPS) is 10.3. The Morgan fingerprint density at radius 3 is 2.50 bits per heavy atom. The van der Waals surface area contributed by atoms with Gasteiger partial charge in [0.15, 0.2) is 0 Å². The lowest BCUT2D eigenvalue weighted by atomic mass is 10.2. The van der Waals surface area contributed by atoms with Crippen LogP contribution in [0, 0.1) is 0 Å². The zero-order chi connectivity index (χ0) is 11.4. The highest BCUT2D eigenvalue weighted by Gasteiger charge is 1.97. The third-order valence-corrected chi connectivity index (χ3v) is 3.73. The molecule has 0 unspecified atom stereocenters. The van der Waals surface area contributed by atoms with Crippen LogP contribution in [-0.2, 0) is 5.75 Å². The van der Waals surface area contributed by atoms with Crippen LogP contribution in [0.15, 0.2) is 57.9 Å². The summed E-state index contributed by atoms with van der Waals surface area (Å²) in [5.74, 6) is 1.23. The number of rotatable bonds is 3. The van der Waals surface area contributed by atoms with Gasteiger partial charge in [-0.25, -0.2) is 0 Å². The summed E-state index contributed by atoms with van der Waals surface area (Å²) in [6.45, 7) is 0. The molecule has 0 amide bonds. The molecule has 2 rings (SSSR count). The fourth-order valence-electron chi connectivity index (χ4n) is 1.32. The van der Waals surface area contributed by atoms with Crippen LogP contribution in [0.4, 0.5) is 0 Å². The highest BCUT2D eigenvalue weighted by Crippen LogP contribution is 2.25. The SMILES string of the molecule is Oc1cccc(SCc2ccc(Br)cc2)c1. The number of thioether (sulfide) groups is 1. The first kappa shape index (κ1) is 11.6. The molecule has 0 spiro atoms. The molecule has 2 aromatic rings. The zero-order valence-corrected chi connectivity index (χ0v) is 11.0. The van der Waals surface area contributed by atoms with Crippen LogP contribution in [-0.4, -0.2) is 5.11 Å². The molecule has 0 radical (unpaired) electrons. The Kier molecular flexibility index (Phi) is 3.91. The van der Waals surface area contributed by atoms with Crippen LogP contribution in [0.1, 0.15) is 5.56 Å². The highest BCUT2D eigenvalue weighted by molar-refractivity contribution is 9.10. The van der Waals surface area contributed by atoms with Gasteiger partial charge in [-0.1, -0.05) is 34.1 Å². The molecule has 16 heavy (non-hydrogen) atoms. The van der Waals surface area contributed by atoms with Crippen molar-refractivity contribution in [1.29, 1.82) is 0 Å². The van der Waals surface area contributed by atoms with E-state index < -0.39 is 0 Å². The van der Waals surface area contributed by atoms with Crippen molar-refractivity contribution >= 4 is 27.7 Å². The molecule has 0 aliphatic heterocycles. The molecule has 0 bridgehead atoms. The van der Waals surface area contributed by atoms with E-state index in [1.807, 2.05) is 24.3 Å². The Morgan fingerprint density at radius 2 is 1.81 bits per heavy atom. The molecule has 82 valence electrons. The maximum Gasteiger partial charge on any atom is 0.116 e. The zero-order valence-electron chi connectivity index (χ0n) is 8.56. The molecule has 0 atom stereocenters. The predicted molar refractivity (Wildman–Crippen MR) is 71.8 cm³/mol. The van der Waals surface area contributed by atoms with Crippen LogP contribution in [0.5, 0.6) is 5.75 Å². The van der Waals surface area contributed by atoms with E-state index in [4.69, 9.17) is 0 Å². The van der Waals surface area contributed by atoms with Gasteiger partial charge in [0.2, 0.25) is 0 Å². The number of hydrogen-bond donors (Lipinski definition) is 1. The summed E-state index contributed by atoms with van der Waals surface area (Å²) in [5.41, 5.74) is 1.27. The highest BCUT2D eigenvalue weighted by atomic mass is 79.9. The summed E-state index contributed by atoms with van der Waals surface area (Å²) in [4.78, 5) is 1.09. The fourth-order valence-corrected chi connectivity index (χ4v) is 2.49. The van der Waals surface area contributed by atoms with Crippen molar-refractivity contribution in [2.45, 2.75) is 10.6 Å². The molecular weight excluding hydrogens is 284 g/mol. The second-order valence-corrected chi connectivity index (χ2v) is 5.38. The third-order valence-electron chi connectivity index (χ3n) is 2.14. The molecule has 2 aromatic carbocycles. The summed E-state index contributed by atoms with van der Waals surface area (Å²) in [7, 11) is 0. The van der Waals surface area contributed by atoms with Gasteiger partial charge in [-0.15, -0.1) is 11.8 Å². The number of halogens is 1. The van der Waals surface area contributed by atoms with Crippen molar-refractivity contribution in [3.05, 3.63) is 58.6 Å². The standard InChI is InChI=1S/C13H11BrOS/c14-11-6-4-10(5-7-11)9-16-13-3-1-2-12(15)8-13/h1-8,15H,9H2. The van der Waals surface area contributed by atoms with E-state index in [2.05, 4.69) is 28.1 Å². The van der Waals surface area contributed by atoms with Gasteiger partial charge in [0, 0.05) is 15.1 Å². The van der Waals surface area contributed by atoms with Gasteiger partial charge in [0.1, 0.15) is 5.75 Å². The van der Waals surface area contributed by atoms with E-state index in [0.717, 1.165) is 15.1 Å². The van der Waals surface area contributed by atoms with Gasteiger partial charge >= 0.3 is 0 Å². The van der Waals surface area contributed by atoms with Crippen LogP contribution in [0.3, 0.4) is 0 Å². The molecular formula is C13H11BrOS. The molecule has 0 fully saturated rings. The Morgan fingerprint density at radius 1 is 1.06 bits per heavy atom. The molecule has 0 saturated carbocycles. The largest absolute Gasteiger partial charge is 0.508 e. The smallest absolute Gasteiger partial charge is 0.116 e. The van der Waals surface area contributed by atoms with Crippen molar-refractivity contribution in [3.8, 4) is 5.75 Å². The van der Waals surface area contributed by atoms with Crippen molar-refractivity contribution in [2.75, 3.05) is 0 Å². The van der Waals surface area contributed by atoms with Crippen molar-refractivity contribution in [1.82, 2.24) is 0 Å². The Bertz CT molecular complexity index is 468. The van der Waals surface area contributed by atoms with E-state index in [-0.39, 0.29) is 0 Å². The fraction of sp³-hybridized carbons (Fsp3) is 0.0769. The van der Waals surface area contributed by atoms with Gasteiger partial charge in [-0.2, -0.15) is 0 Å². The predicted octanol–water partition coefficient (Wildman–Crippen LogP) is 4.45. The minimum absolute atomic E-state index is 0.320. The lowest BCUT2D eigenvalue weighted by molar-refractivity contribution is 0.474. The van der Waals surface area contributed by atoms with Crippen molar-refractivity contribution < 1.29 is 5.11 Å². The van der Waals surface area contributed by atoms with E-state index in [9.17, 15) is 5.11 Å². The lowest BCUT2D eigenvalue weighted by Crippen LogP contribution is -1.79. The van der Waals surface area contributed by atoms with Gasteiger partial charge < -0.3 is 5.11 Å². The maximum absolute atomic E-state index is 9.33. The number of phenols is 1. The monoisotopic (exact) mass is 294 g/mol. The van der Waals surface area contributed by atoms with E-state index >= 15 is 0 Å². The van der Waals surface area contributed by atoms with Crippen LogP contribution >= 0.6 is 27.7 Å². The molecule has 1 N–H and O–H groups in total. The summed E-state index contributed by atoms with van der Waals surface area (Å²) in [6.07, 6.45) is 0. The summed E-state index contributed by atoms with van der Waals surface area (Å²) < 4.78 is 1.10. The lowest BCUT2D eigenvalue weighted by Gasteiger charge is -2.02. The molecule has 0 heterocycles. The van der Waals surface area contributed by atoms with E-state index in [1.165, 1.54) is 5.56 Å². The van der Waals surface area contributed by atoms with Crippen LogP contribution in [0.25, 0.3) is 0 Å². The number of phenolic OH excluding ortho intramolecular Hbond substituents is 1. The Hall–Kier alpha value is -0.930. The van der Waals surface area contributed by atoms with Crippen LogP contribution < -0.4 is 0 Å². The first-order valence-electron chi connectivity index (χ1n) is 4.90. The summed E-state index contributed by atoms with van der Waals surface area (Å²) in [6, 6.07) is 15.6. The summed E-state index contributed by atoms with van der Waals surface area (Å²) in [5, 5.41) is 9.33. The molecule has 0 aromatic heterocycles. The quantitative estimate of drug-likeness (QED) is 0.844. The minimum Gasteiger partial charge on any atom is -0.508 e. The van der Waals surface area contributed by atoms with Gasteiger partial charge in [-0.3, -0.25) is 0 Å². The average molecular weight is 295 g/mol. The molecule has 1 nitrogen and oxygen atoms in total. The minimum atomic E-state index is 0.320. The molecule has 0 saturated heterocycles. The molecule has 3 heteroatoms. The summed E-state index contributed by atoms with van der Waals surface area (Å²) >= 11 is 5.13. The van der Waals surface area contributed by atoms with Gasteiger partial charge in [0.05, 0.1) is 0 Å². The second-order valence-electron chi connectivity index (χ2n) is 3.41. The Balaban J connectivity index is 1.99. The third kappa shape index (κ3) is 3.29. The number of aromatic hydroxyl groups is 1. The average Bonchev–Trinajstić information content (AvgIpc) is 2.28. The molecule has 0 aliphatic rings. The second kappa shape index (κ2) is 5.41.